The van der Waals surface area contributed by atoms with E-state index in [2.05, 4.69) is 4.99 Å². The molecular weight excluding hydrogens is 434 g/mol. The summed E-state index contributed by atoms with van der Waals surface area (Å²) in [4.78, 5) is 29.3. The maximum Gasteiger partial charge on any atom is 0.355 e. The number of carbonyl (C=O) groups excluding carboxylic acids is 2. The van der Waals surface area contributed by atoms with Crippen molar-refractivity contribution in [2.75, 3.05) is 7.11 Å². The first kappa shape index (κ1) is 20.8. The summed E-state index contributed by atoms with van der Waals surface area (Å²) >= 11 is 7.66. The van der Waals surface area contributed by atoms with Crippen LogP contribution >= 0.6 is 22.9 Å². The van der Waals surface area contributed by atoms with E-state index in [1.54, 1.807) is 48.7 Å². The Kier molecular flexibility index (Phi) is 6.11. The highest BCUT2D eigenvalue weighted by atomic mass is 35.5. The lowest BCUT2D eigenvalue weighted by Gasteiger charge is -2.05. The van der Waals surface area contributed by atoms with Crippen LogP contribution in [0.5, 0.6) is 5.75 Å². The summed E-state index contributed by atoms with van der Waals surface area (Å²) in [6, 6.07) is 21.4. The molecular formula is C24H16ClNO4S. The SMILES string of the molecule is COC(=O)c1ccccc1N=Cc1cccc(OC(=O)c2sc3ccccc3c2Cl)c1. The highest BCUT2D eigenvalue weighted by Crippen LogP contribution is 2.35. The van der Waals surface area contributed by atoms with E-state index in [0.29, 0.717) is 32.5 Å². The van der Waals surface area contributed by atoms with E-state index in [4.69, 9.17) is 21.1 Å². The lowest BCUT2D eigenvalue weighted by atomic mass is 10.2. The molecule has 0 atom stereocenters. The minimum Gasteiger partial charge on any atom is -0.465 e. The summed E-state index contributed by atoms with van der Waals surface area (Å²) in [5.74, 6) is -0.615. The monoisotopic (exact) mass is 449 g/mol. The van der Waals surface area contributed by atoms with Crippen molar-refractivity contribution in [1.29, 1.82) is 0 Å². The van der Waals surface area contributed by atoms with Gasteiger partial charge in [-0.25, -0.2) is 9.59 Å². The minimum absolute atomic E-state index is 0.356. The molecule has 0 amide bonds. The number of methoxy groups -OCH3 is 1. The number of esters is 2. The Labute approximate surface area is 187 Å². The number of benzene rings is 3. The molecule has 0 spiro atoms. The third kappa shape index (κ3) is 4.50. The van der Waals surface area contributed by atoms with E-state index in [9.17, 15) is 9.59 Å². The Hall–Kier alpha value is -3.48. The molecule has 154 valence electrons. The molecule has 7 heteroatoms. The fraction of sp³-hybridized carbons (Fsp3) is 0.0417. The fourth-order valence-electron chi connectivity index (χ4n) is 2.97. The van der Waals surface area contributed by atoms with E-state index in [1.165, 1.54) is 18.4 Å². The molecule has 1 aromatic heterocycles. The number of aliphatic imine (C=N–C) groups is 1. The van der Waals surface area contributed by atoms with Crippen LogP contribution in [0.1, 0.15) is 25.6 Å². The minimum atomic E-state index is -0.517. The fourth-order valence-corrected chi connectivity index (χ4v) is 4.35. The maximum absolute atomic E-state index is 12.7. The van der Waals surface area contributed by atoms with Crippen molar-refractivity contribution in [2.24, 2.45) is 4.99 Å². The number of hydrogen-bond acceptors (Lipinski definition) is 6. The standard InChI is InChI=1S/C24H16ClNO4S/c1-29-23(27)17-9-2-4-11-19(17)26-14-15-7-6-8-16(13-15)30-24(28)22-21(25)18-10-3-5-12-20(18)31-22/h2-14H,1H3. The highest BCUT2D eigenvalue weighted by Gasteiger charge is 2.19. The van der Waals surface area contributed by atoms with Crippen LogP contribution in [-0.4, -0.2) is 25.3 Å². The topological polar surface area (TPSA) is 65.0 Å². The number of nitrogens with zero attached hydrogens (tertiary/aromatic N) is 1. The summed E-state index contributed by atoms with van der Waals surface area (Å²) in [6.07, 6.45) is 1.59. The zero-order valence-corrected chi connectivity index (χ0v) is 17.9. The third-order valence-corrected chi connectivity index (χ3v) is 6.11. The number of rotatable bonds is 5. The van der Waals surface area contributed by atoms with Gasteiger partial charge in [0.2, 0.25) is 0 Å². The van der Waals surface area contributed by atoms with Gasteiger partial charge >= 0.3 is 11.9 Å². The number of hydrogen-bond donors (Lipinski definition) is 0. The van der Waals surface area contributed by atoms with Crippen LogP contribution in [0.4, 0.5) is 5.69 Å². The predicted octanol–water partition coefficient (Wildman–Crippen LogP) is 6.31. The van der Waals surface area contributed by atoms with E-state index in [1.807, 2.05) is 30.3 Å². The molecule has 3 aromatic carbocycles. The van der Waals surface area contributed by atoms with Gasteiger partial charge in [-0.3, -0.25) is 4.99 Å². The molecule has 4 aromatic rings. The van der Waals surface area contributed by atoms with E-state index in [-0.39, 0.29) is 0 Å². The van der Waals surface area contributed by atoms with E-state index >= 15 is 0 Å². The first-order valence-electron chi connectivity index (χ1n) is 9.27. The van der Waals surface area contributed by atoms with Gasteiger partial charge in [-0.05, 0) is 35.9 Å². The van der Waals surface area contributed by atoms with Gasteiger partial charge in [0.1, 0.15) is 10.6 Å². The van der Waals surface area contributed by atoms with Crippen LogP contribution in [0.15, 0.2) is 77.8 Å². The highest BCUT2D eigenvalue weighted by molar-refractivity contribution is 7.21. The number of halogens is 1. The van der Waals surface area contributed by atoms with Gasteiger partial charge in [-0.1, -0.05) is 54.1 Å². The maximum atomic E-state index is 12.7. The summed E-state index contributed by atoms with van der Waals surface area (Å²) in [5.41, 5.74) is 1.55. The number of thiophene rings is 1. The zero-order chi connectivity index (χ0) is 21.8. The molecule has 0 aliphatic carbocycles. The molecule has 0 unspecified atom stereocenters. The Morgan fingerprint density at radius 2 is 1.74 bits per heavy atom. The van der Waals surface area contributed by atoms with Gasteiger partial charge in [-0.2, -0.15) is 0 Å². The normalized spacial score (nSPS) is 11.0. The van der Waals surface area contributed by atoms with Crippen LogP contribution in [0.25, 0.3) is 10.1 Å². The van der Waals surface area contributed by atoms with Gasteiger partial charge in [0.05, 0.1) is 23.4 Å². The molecule has 0 bridgehead atoms. The molecule has 1 heterocycles. The van der Waals surface area contributed by atoms with Crippen molar-refractivity contribution in [3.8, 4) is 5.75 Å². The van der Waals surface area contributed by atoms with E-state index in [0.717, 1.165) is 10.1 Å². The molecule has 0 aliphatic rings. The molecule has 4 rings (SSSR count). The van der Waals surface area contributed by atoms with Crippen molar-refractivity contribution in [1.82, 2.24) is 0 Å². The third-order valence-electron chi connectivity index (χ3n) is 4.45. The molecule has 0 radical (unpaired) electrons. The van der Waals surface area contributed by atoms with Crippen LogP contribution in [0.2, 0.25) is 5.02 Å². The average molecular weight is 450 g/mol. The van der Waals surface area contributed by atoms with Crippen LogP contribution in [0, 0.1) is 0 Å². The first-order valence-corrected chi connectivity index (χ1v) is 10.5. The van der Waals surface area contributed by atoms with Crippen LogP contribution in [-0.2, 0) is 4.74 Å². The Morgan fingerprint density at radius 1 is 0.968 bits per heavy atom. The summed E-state index contributed by atoms with van der Waals surface area (Å²) in [5, 5.41) is 1.22. The summed E-state index contributed by atoms with van der Waals surface area (Å²) < 4.78 is 11.2. The van der Waals surface area contributed by atoms with Crippen molar-refractivity contribution < 1.29 is 19.1 Å². The molecule has 0 saturated heterocycles. The molecule has 0 N–H and O–H groups in total. The predicted molar refractivity (Wildman–Crippen MR) is 123 cm³/mol. The summed E-state index contributed by atoms with van der Waals surface area (Å²) in [7, 11) is 1.32. The molecule has 0 aliphatic heterocycles. The van der Waals surface area contributed by atoms with Gasteiger partial charge in [0.15, 0.2) is 0 Å². The van der Waals surface area contributed by atoms with Gasteiger partial charge in [-0.15, -0.1) is 11.3 Å². The van der Waals surface area contributed by atoms with Gasteiger partial charge < -0.3 is 9.47 Å². The van der Waals surface area contributed by atoms with Crippen LogP contribution < -0.4 is 4.74 Å². The molecule has 31 heavy (non-hydrogen) atoms. The first-order chi connectivity index (χ1) is 15.1. The summed E-state index contributed by atoms with van der Waals surface area (Å²) in [6.45, 7) is 0. The van der Waals surface area contributed by atoms with Crippen molar-refractivity contribution in [2.45, 2.75) is 0 Å². The second kappa shape index (κ2) is 9.12. The smallest absolute Gasteiger partial charge is 0.355 e. The van der Waals surface area contributed by atoms with Crippen molar-refractivity contribution >= 4 is 56.9 Å². The number of fused-ring (bicyclic) bond motifs is 1. The average Bonchev–Trinajstić information content (AvgIpc) is 3.14. The zero-order valence-electron chi connectivity index (χ0n) is 16.4. The second-order valence-electron chi connectivity index (χ2n) is 6.47. The lowest BCUT2D eigenvalue weighted by Crippen LogP contribution is -2.07. The molecule has 0 fully saturated rings. The van der Waals surface area contributed by atoms with Crippen molar-refractivity contribution in [3.63, 3.8) is 0 Å². The largest absolute Gasteiger partial charge is 0.465 e. The van der Waals surface area contributed by atoms with Crippen LogP contribution in [0.3, 0.4) is 0 Å². The Bertz CT molecular complexity index is 1310. The molecule has 5 nitrogen and oxygen atoms in total. The number of ether oxygens (including phenoxy) is 2. The number of para-hydroxylation sites is 1. The Morgan fingerprint density at radius 3 is 2.55 bits per heavy atom. The molecule has 0 saturated carbocycles. The van der Waals surface area contributed by atoms with E-state index < -0.39 is 11.9 Å². The number of carbonyl (C=O) groups is 2. The quantitative estimate of drug-likeness (QED) is 0.203. The van der Waals surface area contributed by atoms with Gasteiger partial charge in [0, 0.05) is 16.3 Å². The second-order valence-corrected chi connectivity index (χ2v) is 7.90. The Balaban J connectivity index is 1.55. The van der Waals surface area contributed by atoms with Gasteiger partial charge in [0.25, 0.3) is 0 Å². The van der Waals surface area contributed by atoms with Crippen molar-refractivity contribution in [3.05, 3.63) is 93.8 Å². The lowest BCUT2D eigenvalue weighted by molar-refractivity contribution is 0.0601.